The molecule has 0 bridgehead atoms. The van der Waals surface area contributed by atoms with E-state index >= 15 is 0 Å². The maximum absolute atomic E-state index is 6.09. The van der Waals surface area contributed by atoms with E-state index in [1.807, 2.05) is 12.1 Å². The molecule has 0 aromatic heterocycles. The molecule has 0 fully saturated rings. The van der Waals surface area contributed by atoms with E-state index < -0.39 is 0 Å². The van der Waals surface area contributed by atoms with E-state index in [4.69, 9.17) is 38.4 Å². The fourth-order valence-corrected chi connectivity index (χ4v) is 1.90. The summed E-state index contributed by atoms with van der Waals surface area (Å²) in [6.07, 6.45) is 0. The zero-order chi connectivity index (χ0) is 13.7. The van der Waals surface area contributed by atoms with Gasteiger partial charge in [0.2, 0.25) is 0 Å². The first-order valence-corrected chi connectivity index (χ1v) is 6.50. The number of hydrogen-bond donors (Lipinski definition) is 1. The molecule has 0 aliphatic rings. The Morgan fingerprint density at radius 1 is 1.00 bits per heavy atom. The van der Waals surface area contributed by atoms with Crippen molar-refractivity contribution in [2.24, 2.45) is 5.73 Å². The third-order valence-corrected chi connectivity index (χ3v) is 2.84. The van der Waals surface area contributed by atoms with Crippen LogP contribution < -0.4 is 15.2 Å². The molecular weight excluding hydrogens is 285 g/mol. The van der Waals surface area contributed by atoms with Gasteiger partial charge in [-0.2, -0.15) is 0 Å². The average molecular weight is 298 g/mol. The summed E-state index contributed by atoms with van der Waals surface area (Å²) in [6.45, 7) is 0.866. The molecule has 2 N–H and O–H groups in total. The van der Waals surface area contributed by atoms with Crippen LogP contribution in [-0.4, -0.2) is 13.2 Å². The van der Waals surface area contributed by atoms with Gasteiger partial charge in [-0.05, 0) is 30.3 Å². The summed E-state index contributed by atoms with van der Waals surface area (Å²) in [5.74, 6) is 1.86. The van der Waals surface area contributed by atoms with E-state index in [-0.39, 0.29) is 0 Å². The zero-order valence-electron chi connectivity index (χ0n) is 10.1. The average Bonchev–Trinajstić information content (AvgIpc) is 2.38. The topological polar surface area (TPSA) is 44.5 Å². The zero-order valence-corrected chi connectivity index (χ0v) is 11.6. The Labute approximate surface area is 121 Å². The SMILES string of the molecule is NCCOc1ccc(Oc2cccc(Cl)c2)cc1Cl. The van der Waals surface area contributed by atoms with Gasteiger partial charge in [0, 0.05) is 17.6 Å². The number of ether oxygens (including phenoxy) is 2. The Morgan fingerprint density at radius 2 is 1.79 bits per heavy atom. The van der Waals surface area contributed by atoms with Gasteiger partial charge in [-0.3, -0.25) is 0 Å². The third kappa shape index (κ3) is 4.03. The summed E-state index contributed by atoms with van der Waals surface area (Å²) in [7, 11) is 0. The van der Waals surface area contributed by atoms with Crippen molar-refractivity contribution < 1.29 is 9.47 Å². The Morgan fingerprint density at radius 3 is 2.47 bits per heavy atom. The van der Waals surface area contributed by atoms with E-state index in [0.717, 1.165) is 0 Å². The smallest absolute Gasteiger partial charge is 0.138 e. The first-order chi connectivity index (χ1) is 9.19. The second-order valence-corrected chi connectivity index (χ2v) is 4.63. The molecule has 2 rings (SSSR count). The molecule has 0 radical (unpaired) electrons. The van der Waals surface area contributed by atoms with Crippen molar-refractivity contribution in [1.82, 2.24) is 0 Å². The molecule has 0 saturated carbocycles. The molecule has 0 atom stereocenters. The highest BCUT2D eigenvalue weighted by Crippen LogP contribution is 2.31. The first kappa shape index (κ1) is 14.0. The molecule has 0 unspecified atom stereocenters. The highest BCUT2D eigenvalue weighted by molar-refractivity contribution is 6.32. The van der Waals surface area contributed by atoms with Crippen molar-refractivity contribution in [1.29, 1.82) is 0 Å². The Balaban J connectivity index is 2.11. The number of nitrogens with two attached hydrogens (primary N) is 1. The van der Waals surface area contributed by atoms with Gasteiger partial charge in [-0.25, -0.2) is 0 Å². The summed E-state index contributed by atoms with van der Waals surface area (Å²) in [4.78, 5) is 0. The summed E-state index contributed by atoms with van der Waals surface area (Å²) >= 11 is 12.0. The molecule has 0 aliphatic carbocycles. The molecule has 3 nitrogen and oxygen atoms in total. The van der Waals surface area contributed by atoms with Crippen LogP contribution in [0, 0.1) is 0 Å². The van der Waals surface area contributed by atoms with Crippen LogP contribution >= 0.6 is 23.2 Å². The number of hydrogen-bond acceptors (Lipinski definition) is 3. The highest BCUT2D eigenvalue weighted by atomic mass is 35.5. The number of rotatable bonds is 5. The van der Waals surface area contributed by atoms with Crippen LogP contribution in [0.4, 0.5) is 0 Å². The van der Waals surface area contributed by atoms with Gasteiger partial charge in [0.1, 0.15) is 23.9 Å². The molecule has 0 aliphatic heterocycles. The van der Waals surface area contributed by atoms with Crippen molar-refractivity contribution >= 4 is 23.2 Å². The molecule has 19 heavy (non-hydrogen) atoms. The molecular formula is C14H13Cl2NO2. The van der Waals surface area contributed by atoms with Crippen LogP contribution in [0.3, 0.4) is 0 Å². The maximum atomic E-state index is 6.09. The van der Waals surface area contributed by atoms with Gasteiger partial charge in [-0.15, -0.1) is 0 Å². The van der Waals surface area contributed by atoms with Gasteiger partial charge >= 0.3 is 0 Å². The quantitative estimate of drug-likeness (QED) is 0.903. The highest BCUT2D eigenvalue weighted by Gasteiger charge is 2.05. The maximum Gasteiger partial charge on any atom is 0.138 e. The van der Waals surface area contributed by atoms with Crippen LogP contribution in [-0.2, 0) is 0 Å². The van der Waals surface area contributed by atoms with Crippen LogP contribution in [0.1, 0.15) is 0 Å². The minimum Gasteiger partial charge on any atom is -0.491 e. The van der Waals surface area contributed by atoms with E-state index in [9.17, 15) is 0 Å². The monoisotopic (exact) mass is 297 g/mol. The third-order valence-electron chi connectivity index (χ3n) is 2.31. The minimum atomic E-state index is 0.425. The molecule has 0 amide bonds. The Bertz CT molecular complexity index is 561. The van der Waals surface area contributed by atoms with Crippen molar-refractivity contribution in [2.45, 2.75) is 0 Å². The molecule has 0 saturated heterocycles. The second kappa shape index (κ2) is 6.66. The fraction of sp³-hybridized carbons (Fsp3) is 0.143. The summed E-state index contributed by atoms with van der Waals surface area (Å²) in [5, 5.41) is 1.10. The molecule has 2 aromatic rings. The summed E-state index contributed by atoms with van der Waals surface area (Å²) in [6, 6.07) is 12.4. The Kier molecular flexibility index (Phi) is 4.91. The van der Waals surface area contributed by atoms with E-state index in [1.54, 1.807) is 30.3 Å². The van der Waals surface area contributed by atoms with Crippen LogP contribution in [0.15, 0.2) is 42.5 Å². The van der Waals surface area contributed by atoms with Crippen molar-refractivity contribution in [2.75, 3.05) is 13.2 Å². The van der Waals surface area contributed by atoms with Crippen LogP contribution in [0.2, 0.25) is 10.0 Å². The van der Waals surface area contributed by atoms with Crippen molar-refractivity contribution in [3.05, 3.63) is 52.5 Å². The van der Waals surface area contributed by atoms with Crippen LogP contribution in [0.25, 0.3) is 0 Å². The lowest BCUT2D eigenvalue weighted by atomic mass is 10.3. The lowest BCUT2D eigenvalue weighted by Crippen LogP contribution is -2.10. The Hall–Kier alpha value is -1.42. The van der Waals surface area contributed by atoms with Gasteiger partial charge in [0.15, 0.2) is 0 Å². The van der Waals surface area contributed by atoms with Gasteiger partial charge < -0.3 is 15.2 Å². The standard InChI is InChI=1S/C14H13Cl2NO2/c15-10-2-1-3-11(8-10)19-12-4-5-14(13(16)9-12)18-7-6-17/h1-5,8-9H,6-7,17H2. The number of benzene rings is 2. The van der Waals surface area contributed by atoms with E-state index in [1.165, 1.54) is 0 Å². The van der Waals surface area contributed by atoms with E-state index in [0.29, 0.717) is 40.4 Å². The second-order valence-electron chi connectivity index (χ2n) is 3.79. The summed E-state index contributed by atoms with van der Waals surface area (Å²) < 4.78 is 11.0. The molecule has 2 aromatic carbocycles. The summed E-state index contributed by atoms with van der Waals surface area (Å²) in [5.41, 5.74) is 5.37. The predicted molar refractivity (Wildman–Crippen MR) is 77.5 cm³/mol. The minimum absolute atomic E-state index is 0.425. The normalized spacial score (nSPS) is 10.3. The van der Waals surface area contributed by atoms with E-state index in [2.05, 4.69) is 0 Å². The molecule has 0 spiro atoms. The van der Waals surface area contributed by atoms with Crippen LogP contribution in [0.5, 0.6) is 17.2 Å². The van der Waals surface area contributed by atoms with Gasteiger partial charge in [0.25, 0.3) is 0 Å². The van der Waals surface area contributed by atoms with Gasteiger partial charge in [-0.1, -0.05) is 29.3 Å². The molecule has 100 valence electrons. The number of halogens is 2. The van der Waals surface area contributed by atoms with Crippen molar-refractivity contribution in [3.8, 4) is 17.2 Å². The van der Waals surface area contributed by atoms with Gasteiger partial charge in [0.05, 0.1) is 5.02 Å². The molecule has 5 heteroatoms. The lowest BCUT2D eigenvalue weighted by molar-refractivity contribution is 0.328. The first-order valence-electron chi connectivity index (χ1n) is 5.75. The predicted octanol–water partition coefficient (Wildman–Crippen LogP) is 4.12. The fourth-order valence-electron chi connectivity index (χ4n) is 1.50. The largest absolute Gasteiger partial charge is 0.491 e. The van der Waals surface area contributed by atoms with Crippen molar-refractivity contribution in [3.63, 3.8) is 0 Å². The lowest BCUT2D eigenvalue weighted by Gasteiger charge is -2.10. The molecule has 0 heterocycles.